The van der Waals surface area contributed by atoms with Crippen LogP contribution in [-0.2, 0) is 4.79 Å². The van der Waals surface area contributed by atoms with E-state index in [9.17, 15) is 9.18 Å². The number of rotatable bonds is 5. The van der Waals surface area contributed by atoms with Crippen molar-refractivity contribution in [3.8, 4) is 0 Å². The largest absolute Gasteiger partial charge is 0.351 e. The van der Waals surface area contributed by atoms with Crippen LogP contribution in [0.5, 0.6) is 0 Å². The molecule has 0 unspecified atom stereocenters. The van der Waals surface area contributed by atoms with E-state index in [4.69, 9.17) is 4.99 Å². The normalized spacial score (nSPS) is 24.4. The van der Waals surface area contributed by atoms with Crippen molar-refractivity contribution >= 4 is 11.6 Å². The van der Waals surface area contributed by atoms with Crippen LogP contribution >= 0.6 is 0 Å². The lowest BCUT2D eigenvalue weighted by Crippen LogP contribution is -2.38. The Kier molecular flexibility index (Phi) is 6.59. The molecule has 0 aromatic heterocycles. The topological polar surface area (TPSA) is 41.5 Å². The lowest BCUT2D eigenvalue weighted by Gasteiger charge is -2.40. The van der Waals surface area contributed by atoms with Gasteiger partial charge in [0.15, 0.2) is 0 Å². The number of carbonyl (C=O) groups excluding carboxylic acids is 1. The third kappa shape index (κ3) is 5.39. The first-order valence-electron chi connectivity index (χ1n) is 9.78. The van der Waals surface area contributed by atoms with Crippen molar-refractivity contribution in [1.29, 1.82) is 0 Å². The van der Waals surface area contributed by atoms with E-state index in [1.165, 1.54) is 12.1 Å². The highest BCUT2D eigenvalue weighted by Gasteiger charge is 2.36. The van der Waals surface area contributed by atoms with Crippen molar-refractivity contribution in [1.82, 2.24) is 5.32 Å². The van der Waals surface area contributed by atoms with Gasteiger partial charge in [0.1, 0.15) is 11.5 Å². The van der Waals surface area contributed by atoms with Crippen molar-refractivity contribution in [3.63, 3.8) is 0 Å². The maximum Gasteiger partial charge on any atom is 0.270 e. The van der Waals surface area contributed by atoms with Crippen LogP contribution in [0.25, 0.3) is 0 Å². The summed E-state index contributed by atoms with van der Waals surface area (Å²) in [6.45, 7) is 11.7. The number of halogens is 1. The predicted molar refractivity (Wildman–Crippen MR) is 106 cm³/mol. The molecule has 1 aromatic carbocycles. The summed E-state index contributed by atoms with van der Waals surface area (Å²) >= 11 is 0. The smallest absolute Gasteiger partial charge is 0.270 e. The van der Waals surface area contributed by atoms with E-state index in [1.807, 2.05) is 6.92 Å². The highest BCUT2D eigenvalue weighted by atomic mass is 19.1. The molecule has 3 nitrogen and oxygen atoms in total. The SMILES string of the molecule is CCCNC(=O)C(=NC1(C)CCC(C(C)(C)C)CC1)c1ccc(F)cc1. The Bertz CT molecular complexity index is 635. The minimum atomic E-state index is -0.307. The molecule has 1 saturated carbocycles. The zero-order chi connectivity index (χ0) is 19.4. The van der Waals surface area contributed by atoms with Gasteiger partial charge in [-0.25, -0.2) is 4.39 Å². The van der Waals surface area contributed by atoms with Gasteiger partial charge in [0.25, 0.3) is 5.91 Å². The predicted octanol–water partition coefficient (Wildman–Crippen LogP) is 5.14. The average Bonchev–Trinajstić information content (AvgIpc) is 2.58. The van der Waals surface area contributed by atoms with Crippen molar-refractivity contribution in [2.24, 2.45) is 16.3 Å². The average molecular weight is 361 g/mol. The molecule has 4 heteroatoms. The Labute approximate surface area is 157 Å². The molecule has 1 fully saturated rings. The summed E-state index contributed by atoms with van der Waals surface area (Å²) < 4.78 is 13.3. The van der Waals surface area contributed by atoms with Gasteiger partial charge in [-0.3, -0.25) is 9.79 Å². The third-order valence-electron chi connectivity index (χ3n) is 5.54. The van der Waals surface area contributed by atoms with Crippen LogP contribution in [0.4, 0.5) is 4.39 Å². The molecule has 2 rings (SSSR count). The number of hydrogen-bond acceptors (Lipinski definition) is 2. The maximum absolute atomic E-state index is 13.3. The van der Waals surface area contributed by atoms with E-state index in [-0.39, 0.29) is 17.3 Å². The van der Waals surface area contributed by atoms with Crippen LogP contribution in [0.2, 0.25) is 0 Å². The van der Waals surface area contributed by atoms with Crippen LogP contribution in [-0.4, -0.2) is 23.7 Å². The molecule has 0 bridgehead atoms. The lowest BCUT2D eigenvalue weighted by molar-refractivity contribution is -0.114. The second-order valence-electron chi connectivity index (χ2n) is 8.86. The molecular weight excluding hydrogens is 327 g/mol. The fourth-order valence-electron chi connectivity index (χ4n) is 3.66. The zero-order valence-corrected chi connectivity index (χ0v) is 16.9. The molecular formula is C22H33FN2O. The third-order valence-corrected chi connectivity index (χ3v) is 5.54. The van der Waals surface area contributed by atoms with Crippen molar-refractivity contribution in [3.05, 3.63) is 35.6 Å². The van der Waals surface area contributed by atoms with Crippen LogP contribution in [0.3, 0.4) is 0 Å². The summed E-state index contributed by atoms with van der Waals surface area (Å²) in [7, 11) is 0. The number of nitrogens with zero attached hydrogens (tertiary/aromatic N) is 1. The molecule has 1 aliphatic rings. The molecule has 0 atom stereocenters. The second-order valence-corrected chi connectivity index (χ2v) is 8.86. The Hall–Kier alpha value is -1.71. The van der Waals surface area contributed by atoms with Crippen LogP contribution in [0.15, 0.2) is 29.3 Å². The van der Waals surface area contributed by atoms with E-state index >= 15 is 0 Å². The second kappa shape index (κ2) is 8.32. The van der Waals surface area contributed by atoms with Gasteiger partial charge in [-0.05, 0) is 74.6 Å². The van der Waals surface area contributed by atoms with Gasteiger partial charge in [-0.1, -0.05) is 27.7 Å². The minimum Gasteiger partial charge on any atom is -0.351 e. The zero-order valence-electron chi connectivity index (χ0n) is 16.9. The van der Waals surface area contributed by atoms with Crippen LogP contribution in [0.1, 0.15) is 72.3 Å². The number of benzene rings is 1. The summed E-state index contributed by atoms with van der Waals surface area (Å²) in [4.78, 5) is 17.6. The number of aliphatic imine (C=N–C) groups is 1. The Morgan fingerprint density at radius 3 is 2.31 bits per heavy atom. The minimum absolute atomic E-state index is 0.169. The first-order valence-corrected chi connectivity index (χ1v) is 9.78. The fraction of sp³-hybridized carbons (Fsp3) is 0.636. The molecule has 0 spiro atoms. The van der Waals surface area contributed by atoms with Crippen LogP contribution in [0, 0.1) is 17.2 Å². The molecule has 0 heterocycles. The summed E-state index contributed by atoms with van der Waals surface area (Å²) in [5.74, 6) is 0.213. The van der Waals surface area contributed by atoms with Gasteiger partial charge in [0.05, 0.1) is 5.54 Å². The molecule has 0 aliphatic heterocycles. The van der Waals surface area contributed by atoms with E-state index in [0.29, 0.717) is 29.2 Å². The highest BCUT2D eigenvalue weighted by Crippen LogP contribution is 2.42. The number of amides is 1. The van der Waals surface area contributed by atoms with Gasteiger partial charge in [-0.2, -0.15) is 0 Å². The van der Waals surface area contributed by atoms with Crippen molar-refractivity contribution < 1.29 is 9.18 Å². The van der Waals surface area contributed by atoms with E-state index < -0.39 is 0 Å². The molecule has 144 valence electrons. The molecule has 26 heavy (non-hydrogen) atoms. The maximum atomic E-state index is 13.3. The van der Waals surface area contributed by atoms with Crippen LogP contribution < -0.4 is 5.32 Å². The van der Waals surface area contributed by atoms with Gasteiger partial charge < -0.3 is 5.32 Å². The summed E-state index contributed by atoms with van der Waals surface area (Å²) in [6.07, 6.45) is 5.06. The molecule has 1 aliphatic carbocycles. The molecule has 0 radical (unpaired) electrons. The van der Waals surface area contributed by atoms with Crippen molar-refractivity contribution in [2.75, 3.05) is 6.54 Å². The Morgan fingerprint density at radius 1 is 1.23 bits per heavy atom. The van der Waals surface area contributed by atoms with Gasteiger partial charge >= 0.3 is 0 Å². The number of hydrogen-bond donors (Lipinski definition) is 1. The molecule has 1 amide bonds. The van der Waals surface area contributed by atoms with Gasteiger partial charge in [-0.15, -0.1) is 0 Å². The summed E-state index contributed by atoms with van der Waals surface area (Å²) in [6, 6.07) is 6.06. The Balaban J connectivity index is 2.26. The first-order chi connectivity index (χ1) is 12.1. The van der Waals surface area contributed by atoms with E-state index in [0.717, 1.165) is 32.1 Å². The van der Waals surface area contributed by atoms with E-state index in [1.54, 1.807) is 12.1 Å². The summed E-state index contributed by atoms with van der Waals surface area (Å²) in [5.41, 5.74) is 1.17. The highest BCUT2D eigenvalue weighted by molar-refractivity contribution is 6.45. The Morgan fingerprint density at radius 2 is 1.81 bits per heavy atom. The monoisotopic (exact) mass is 360 g/mol. The lowest BCUT2D eigenvalue weighted by atomic mass is 9.68. The summed E-state index contributed by atoms with van der Waals surface area (Å²) in [5, 5.41) is 2.92. The molecule has 1 N–H and O–H groups in total. The quantitative estimate of drug-likeness (QED) is 0.726. The molecule has 1 aromatic rings. The molecule has 0 saturated heterocycles. The van der Waals surface area contributed by atoms with E-state index in [2.05, 4.69) is 33.0 Å². The van der Waals surface area contributed by atoms with Crippen molar-refractivity contribution in [2.45, 2.75) is 72.3 Å². The van der Waals surface area contributed by atoms with Gasteiger partial charge in [0.2, 0.25) is 0 Å². The number of nitrogens with one attached hydrogen (secondary N) is 1. The standard InChI is InChI=1S/C22H33FN2O/c1-6-15-24-20(26)19(16-7-9-18(23)10-8-16)25-22(5)13-11-17(12-14-22)21(2,3)4/h7-10,17H,6,11-15H2,1-5H3,(H,24,26). The fourth-order valence-corrected chi connectivity index (χ4v) is 3.66. The first kappa shape index (κ1) is 20.6. The van der Waals surface area contributed by atoms with Gasteiger partial charge in [0, 0.05) is 12.1 Å². The number of carbonyl (C=O) groups is 1.